The first-order valence-corrected chi connectivity index (χ1v) is 8.97. The highest BCUT2D eigenvalue weighted by Gasteiger charge is 2.17. The number of aromatic nitrogens is 6. The van der Waals surface area contributed by atoms with E-state index in [1.807, 2.05) is 48.9 Å². The summed E-state index contributed by atoms with van der Waals surface area (Å²) in [4.78, 5) is 23.8. The Morgan fingerprint density at radius 3 is 2.81 bits per heavy atom. The fourth-order valence-electron chi connectivity index (χ4n) is 2.67. The van der Waals surface area contributed by atoms with Gasteiger partial charge in [0.15, 0.2) is 11.0 Å². The van der Waals surface area contributed by atoms with Crippen molar-refractivity contribution in [2.24, 2.45) is 7.05 Å². The number of nitrogens with zero attached hydrogens (tertiary/aromatic N) is 5. The van der Waals surface area contributed by atoms with Crippen LogP contribution in [-0.4, -0.2) is 29.7 Å². The molecule has 4 aromatic rings. The molecule has 8 heteroatoms. The van der Waals surface area contributed by atoms with Crippen LogP contribution in [-0.2, 0) is 7.05 Å². The first-order valence-electron chi connectivity index (χ1n) is 8.09. The van der Waals surface area contributed by atoms with E-state index in [9.17, 15) is 4.79 Å². The quantitative estimate of drug-likeness (QED) is 0.560. The third-order valence-corrected chi connectivity index (χ3v) is 5.20. The molecule has 0 amide bonds. The van der Waals surface area contributed by atoms with Crippen LogP contribution in [0.1, 0.15) is 18.0 Å². The fourth-order valence-corrected chi connectivity index (χ4v) is 3.55. The Labute approximate surface area is 153 Å². The highest BCUT2D eigenvalue weighted by atomic mass is 32.2. The molecule has 0 aliphatic carbocycles. The number of fused-ring (bicyclic) bond motifs is 1. The van der Waals surface area contributed by atoms with E-state index < -0.39 is 0 Å². The van der Waals surface area contributed by atoms with Crippen LogP contribution in [0.5, 0.6) is 0 Å². The smallest absolute Gasteiger partial charge is 0.258 e. The minimum Gasteiger partial charge on any atom is -0.309 e. The number of rotatable bonds is 4. The van der Waals surface area contributed by atoms with Gasteiger partial charge in [-0.05, 0) is 31.2 Å². The number of thioether (sulfide) groups is 1. The molecule has 0 bridgehead atoms. The summed E-state index contributed by atoms with van der Waals surface area (Å²) in [5.41, 5.74) is 1.46. The highest BCUT2D eigenvalue weighted by Crippen LogP contribution is 2.33. The van der Waals surface area contributed by atoms with Crippen molar-refractivity contribution in [2.75, 3.05) is 0 Å². The molecule has 26 heavy (non-hydrogen) atoms. The Morgan fingerprint density at radius 2 is 2.00 bits per heavy atom. The van der Waals surface area contributed by atoms with Crippen LogP contribution in [0.3, 0.4) is 0 Å². The Bertz CT molecular complexity index is 1120. The van der Waals surface area contributed by atoms with Crippen LogP contribution < -0.4 is 5.56 Å². The van der Waals surface area contributed by atoms with E-state index in [2.05, 4.69) is 25.1 Å². The van der Waals surface area contributed by atoms with Gasteiger partial charge < -0.3 is 9.55 Å². The summed E-state index contributed by atoms with van der Waals surface area (Å²) < 4.78 is 1.91. The number of benzene rings is 1. The minimum atomic E-state index is -0.132. The second kappa shape index (κ2) is 6.72. The average Bonchev–Trinajstić information content (AvgIpc) is 3.03. The maximum absolute atomic E-state index is 12.3. The third-order valence-electron chi connectivity index (χ3n) is 4.05. The predicted molar refractivity (Wildman–Crippen MR) is 101 cm³/mol. The monoisotopic (exact) mass is 364 g/mol. The van der Waals surface area contributed by atoms with E-state index in [0.717, 1.165) is 16.5 Å². The van der Waals surface area contributed by atoms with Crippen molar-refractivity contribution >= 4 is 22.7 Å². The van der Waals surface area contributed by atoms with Crippen LogP contribution in [0, 0.1) is 0 Å². The van der Waals surface area contributed by atoms with Crippen molar-refractivity contribution < 1.29 is 0 Å². The zero-order valence-electron chi connectivity index (χ0n) is 14.2. The van der Waals surface area contributed by atoms with Gasteiger partial charge in [0.2, 0.25) is 0 Å². The molecule has 3 heterocycles. The highest BCUT2D eigenvalue weighted by molar-refractivity contribution is 7.99. The van der Waals surface area contributed by atoms with Crippen molar-refractivity contribution in [2.45, 2.75) is 17.3 Å². The lowest BCUT2D eigenvalue weighted by atomic mass is 10.2. The molecule has 0 aliphatic rings. The number of nitrogens with one attached hydrogen (secondary N) is 1. The zero-order valence-corrected chi connectivity index (χ0v) is 15.1. The number of para-hydroxylation sites is 1. The summed E-state index contributed by atoms with van der Waals surface area (Å²) >= 11 is 1.49. The van der Waals surface area contributed by atoms with Crippen molar-refractivity contribution in [1.82, 2.24) is 29.7 Å². The molecule has 7 nitrogen and oxygen atoms in total. The van der Waals surface area contributed by atoms with Crippen LogP contribution in [0.2, 0.25) is 0 Å². The van der Waals surface area contributed by atoms with Gasteiger partial charge in [-0.2, -0.15) is 0 Å². The normalized spacial score (nSPS) is 12.4. The molecular weight excluding hydrogens is 348 g/mol. The van der Waals surface area contributed by atoms with Crippen LogP contribution >= 0.6 is 11.8 Å². The van der Waals surface area contributed by atoms with Gasteiger partial charge in [-0.1, -0.05) is 23.9 Å². The van der Waals surface area contributed by atoms with E-state index in [-0.39, 0.29) is 10.8 Å². The number of H-pyrrole nitrogens is 1. The summed E-state index contributed by atoms with van der Waals surface area (Å²) in [6, 6.07) is 11.1. The lowest BCUT2D eigenvalue weighted by molar-refractivity contribution is 0.786. The molecule has 1 atom stereocenters. The van der Waals surface area contributed by atoms with E-state index in [4.69, 9.17) is 0 Å². The molecule has 0 saturated heterocycles. The van der Waals surface area contributed by atoms with Crippen LogP contribution in [0.25, 0.3) is 22.3 Å². The molecule has 0 saturated carbocycles. The third kappa shape index (κ3) is 2.99. The van der Waals surface area contributed by atoms with Crippen LogP contribution in [0.4, 0.5) is 0 Å². The maximum Gasteiger partial charge on any atom is 0.258 e. The molecule has 3 aromatic heterocycles. The van der Waals surface area contributed by atoms with Gasteiger partial charge in [0, 0.05) is 25.0 Å². The van der Waals surface area contributed by atoms with Crippen molar-refractivity contribution in [1.29, 1.82) is 0 Å². The molecular formula is C18H16N6OS. The second-order valence-corrected chi connectivity index (χ2v) is 7.14. The lowest BCUT2D eigenvalue weighted by Crippen LogP contribution is -2.13. The predicted octanol–water partition coefficient (Wildman–Crippen LogP) is 2.97. The lowest BCUT2D eigenvalue weighted by Gasteiger charge is -2.11. The van der Waals surface area contributed by atoms with Gasteiger partial charge in [-0.3, -0.25) is 9.78 Å². The number of hydrogen-bond donors (Lipinski definition) is 1. The largest absolute Gasteiger partial charge is 0.309 e. The molecule has 0 spiro atoms. The van der Waals surface area contributed by atoms with Crippen LogP contribution in [0.15, 0.2) is 58.7 Å². The van der Waals surface area contributed by atoms with E-state index in [0.29, 0.717) is 16.7 Å². The van der Waals surface area contributed by atoms with E-state index >= 15 is 0 Å². The van der Waals surface area contributed by atoms with Gasteiger partial charge >= 0.3 is 0 Å². The van der Waals surface area contributed by atoms with Gasteiger partial charge in [0.1, 0.15) is 5.82 Å². The molecule has 1 aromatic carbocycles. The summed E-state index contributed by atoms with van der Waals surface area (Å²) in [5.74, 6) is 1.36. The van der Waals surface area contributed by atoms with Gasteiger partial charge in [0.05, 0.1) is 16.2 Å². The molecule has 0 aliphatic heterocycles. The molecule has 0 fully saturated rings. The number of aromatic amines is 1. The first-order chi connectivity index (χ1) is 12.6. The second-order valence-electron chi connectivity index (χ2n) is 5.84. The number of hydrogen-bond acceptors (Lipinski definition) is 6. The summed E-state index contributed by atoms with van der Waals surface area (Å²) in [6.45, 7) is 1.98. The zero-order chi connectivity index (χ0) is 18.1. The van der Waals surface area contributed by atoms with Gasteiger partial charge in [0.25, 0.3) is 5.56 Å². The average molecular weight is 364 g/mol. The Morgan fingerprint density at radius 1 is 1.15 bits per heavy atom. The van der Waals surface area contributed by atoms with E-state index in [1.54, 1.807) is 18.5 Å². The summed E-state index contributed by atoms with van der Waals surface area (Å²) in [7, 11) is 1.91. The number of pyridine rings is 1. The van der Waals surface area contributed by atoms with Crippen molar-refractivity contribution in [3.05, 3.63) is 65.0 Å². The van der Waals surface area contributed by atoms with Crippen molar-refractivity contribution in [3.8, 4) is 11.4 Å². The summed E-state index contributed by atoms with van der Waals surface area (Å²) in [5, 5.41) is 9.78. The fraction of sp³-hybridized carbons (Fsp3) is 0.167. The van der Waals surface area contributed by atoms with Crippen molar-refractivity contribution in [3.63, 3.8) is 0 Å². The minimum absolute atomic E-state index is 0.0862. The van der Waals surface area contributed by atoms with Gasteiger partial charge in [-0.15, -0.1) is 10.2 Å². The van der Waals surface area contributed by atoms with E-state index in [1.165, 1.54) is 11.8 Å². The Hall–Kier alpha value is -3.00. The Balaban J connectivity index is 1.64. The topological polar surface area (TPSA) is 89.3 Å². The molecule has 1 N–H and O–H groups in total. The molecule has 4 rings (SSSR count). The molecule has 0 radical (unpaired) electrons. The molecule has 1 unspecified atom stereocenters. The standard InChI is InChI=1S/C18H16N6OS/c1-11(15-20-14-8-4-3-7-13(14)17(25)21-15)26-18-23-22-16(24(18)2)12-6-5-9-19-10-12/h3-11H,1-2H3,(H,20,21,25). The maximum atomic E-state index is 12.3. The first kappa shape index (κ1) is 16.5. The molecule has 130 valence electrons. The van der Waals surface area contributed by atoms with Gasteiger partial charge in [-0.25, -0.2) is 4.98 Å². The SMILES string of the molecule is CC(Sc1nnc(-c2cccnc2)n1C)c1nc2ccccc2c(=O)[nH]1. The Kier molecular flexibility index (Phi) is 4.26. The summed E-state index contributed by atoms with van der Waals surface area (Å²) in [6.07, 6.45) is 3.48.